The van der Waals surface area contributed by atoms with Crippen molar-refractivity contribution >= 4 is 16.6 Å². The number of pyridine rings is 1. The Kier molecular flexibility index (Phi) is 5.61. The fourth-order valence-corrected chi connectivity index (χ4v) is 4.13. The van der Waals surface area contributed by atoms with Crippen LogP contribution in [-0.4, -0.2) is 37.1 Å². The summed E-state index contributed by atoms with van der Waals surface area (Å²) in [5.74, 6) is -0.0854. The minimum atomic E-state index is -0.303. The Morgan fingerprint density at radius 2 is 1.76 bits per heavy atom. The number of H-pyrrole nitrogens is 1. The van der Waals surface area contributed by atoms with Gasteiger partial charge in [0.2, 0.25) is 0 Å². The lowest BCUT2D eigenvalue weighted by Crippen LogP contribution is -2.15. The zero-order chi connectivity index (χ0) is 23.7. The van der Waals surface area contributed by atoms with Crippen LogP contribution in [0, 0.1) is 6.92 Å². The Hall–Kier alpha value is -4.36. The maximum Gasteiger partial charge on any atom is 0.128 e. The van der Waals surface area contributed by atoms with Gasteiger partial charge in [-0.2, -0.15) is 5.10 Å². The molecule has 5 aromatic rings. The highest BCUT2D eigenvalue weighted by Crippen LogP contribution is 2.39. The van der Waals surface area contributed by atoms with Gasteiger partial charge in [-0.3, -0.25) is 10.1 Å². The molecule has 2 aromatic heterocycles. The summed E-state index contributed by atoms with van der Waals surface area (Å²) in [6.45, 7) is 1.86. The molecule has 0 aliphatic rings. The highest BCUT2D eigenvalue weighted by Gasteiger charge is 2.17. The molecule has 1 unspecified atom stereocenters. The maximum atomic E-state index is 10.5. The van der Waals surface area contributed by atoms with Gasteiger partial charge < -0.3 is 20.6 Å². The van der Waals surface area contributed by atoms with Crippen LogP contribution in [0.15, 0.2) is 79.0 Å². The van der Waals surface area contributed by atoms with Crippen LogP contribution in [-0.2, 0) is 0 Å². The van der Waals surface area contributed by atoms with Crippen molar-refractivity contribution in [2.75, 3.05) is 11.9 Å². The Labute approximate surface area is 196 Å². The Morgan fingerprint density at radius 1 is 0.941 bits per heavy atom. The van der Waals surface area contributed by atoms with Crippen LogP contribution in [0.1, 0.15) is 17.3 Å². The van der Waals surface area contributed by atoms with Gasteiger partial charge in [0, 0.05) is 22.6 Å². The van der Waals surface area contributed by atoms with E-state index in [4.69, 9.17) is 0 Å². The zero-order valence-corrected chi connectivity index (χ0v) is 18.5. The molecule has 0 saturated carbocycles. The van der Waals surface area contributed by atoms with Crippen LogP contribution in [0.4, 0.5) is 5.69 Å². The third-order valence-corrected chi connectivity index (χ3v) is 5.91. The van der Waals surface area contributed by atoms with Gasteiger partial charge in [0.25, 0.3) is 0 Å². The zero-order valence-electron chi connectivity index (χ0n) is 18.5. The largest absolute Gasteiger partial charge is 0.508 e. The van der Waals surface area contributed by atoms with Crippen molar-refractivity contribution in [3.05, 3.63) is 90.3 Å². The summed E-state index contributed by atoms with van der Waals surface area (Å²) in [6.07, 6.45) is 1.68. The van der Waals surface area contributed by atoms with Crippen LogP contribution < -0.4 is 5.32 Å². The summed E-state index contributed by atoms with van der Waals surface area (Å²) in [7, 11) is 0. The van der Waals surface area contributed by atoms with Crippen molar-refractivity contribution in [3.63, 3.8) is 0 Å². The number of nitrogens with zero attached hydrogens (tertiary/aromatic N) is 2. The van der Waals surface area contributed by atoms with E-state index < -0.39 is 0 Å². The fourth-order valence-electron chi connectivity index (χ4n) is 4.13. The number of aliphatic hydroxyl groups excluding tert-OH is 1. The molecule has 3 aromatic carbocycles. The molecular weight excluding hydrogens is 428 g/mol. The first-order valence-corrected chi connectivity index (χ1v) is 10.9. The summed E-state index contributed by atoms with van der Waals surface area (Å²) >= 11 is 0. The van der Waals surface area contributed by atoms with Crippen molar-refractivity contribution < 1.29 is 15.3 Å². The number of rotatable bonds is 6. The molecular formula is C27H24N4O3. The molecule has 7 nitrogen and oxygen atoms in total. The number of fused-ring (bicyclic) bond motifs is 1. The summed E-state index contributed by atoms with van der Waals surface area (Å²) < 4.78 is 0. The lowest BCUT2D eigenvalue weighted by Gasteiger charge is -2.20. The molecule has 170 valence electrons. The number of benzene rings is 3. The minimum absolute atomic E-state index is 0.0230. The molecule has 0 radical (unpaired) electrons. The smallest absolute Gasteiger partial charge is 0.128 e. The van der Waals surface area contributed by atoms with Gasteiger partial charge in [0.05, 0.1) is 41.4 Å². The Balaban J connectivity index is 1.64. The van der Waals surface area contributed by atoms with Crippen LogP contribution in [0.2, 0.25) is 0 Å². The van der Waals surface area contributed by atoms with Crippen LogP contribution in [0.5, 0.6) is 11.5 Å². The van der Waals surface area contributed by atoms with E-state index in [9.17, 15) is 15.3 Å². The normalized spacial score (nSPS) is 12.1. The van der Waals surface area contributed by atoms with Gasteiger partial charge >= 0.3 is 0 Å². The molecule has 0 fully saturated rings. The van der Waals surface area contributed by atoms with Crippen molar-refractivity contribution in [1.29, 1.82) is 0 Å². The van der Waals surface area contributed by atoms with Crippen molar-refractivity contribution in [1.82, 2.24) is 15.2 Å². The van der Waals surface area contributed by atoms with Crippen LogP contribution >= 0.6 is 0 Å². The quantitative estimate of drug-likeness (QED) is 0.243. The summed E-state index contributed by atoms with van der Waals surface area (Å²) in [5.41, 5.74) is 6.27. The number of hydrogen-bond donors (Lipinski definition) is 5. The van der Waals surface area contributed by atoms with Crippen LogP contribution in [0.3, 0.4) is 0 Å². The van der Waals surface area contributed by atoms with Gasteiger partial charge in [-0.25, -0.2) is 0 Å². The third kappa shape index (κ3) is 4.04. The number of anilines is 1. The number of aryl methyl sites for hydroxylation is 1. The van der Waals surface area contributed by atoms with Gasteiger partial charge in [0.1, 0.15) is 11.5 Å². The molecule has 0 aliphatic carbocycles. The molecule has 1 atom stereocenters. The highest BCUT2D eigenvalue weighted by atomic mass is 16.3. The average molecular weight is 453 g/mol. The first-order valence-electron chi connectivity index (χ1n) is 10.9. The molecule has 34 heavy (non-hydrogen) atoms. The summed E-state index contributed by atoms with van der Waals surface area (Å²) in [5, 5.41) is 42.0. The predicted molar refractivity (Wildman–Crippen MR) is 133 cm³/mol. The second kappa shape index (κ2) is 8.88. The highest BCUT2D eigenvalue weighted by molar-refractivity contribution is 5.91. The Bertz CT molecular complexity index is 1460. The number of phenols is 2. The van der Waals surface area contributed by atoms with E-state index >= 15 is 0 Å². The molecule has 0 amide bonds. The van der Waals surface area contributed by atoms with E-state index in [0.29, 0.717) is 11.3 Å². The standard InChI is InChI=1S/C27H24N4O3/c1-16-22-11-18(7-10-24(22)31-30-16)23-12-19(29-25(15-32)17-5-3-2-4-6-17)14-28-27(23)21-9-8-20(33)13-26(21)34/h2-14,25,29,32-34H,15H2,1H3,(H,30,31). The molecule has 0 spiro atoms. The van der Waals surface area contributed by atoms with Crippen LogP contribution in [0.25, 0.3) is 33.3 Å². The van der Waals surface area contributed by atoms with E-state index in [1.165, 1.54) is 12.1 Å². The SMILES string of the molecule is Cc1n[nH]c2ccc(-c3cc(NC(CO)c4ccccc4)cnc3-c3ccc(O)cc3O)cc12. The maximum absolute atomic E-state index is 10.5. The summed E-state index contributed by atoms with van der Waals surface area (Å²) in [4.78, 5) is 4.68. The van der Waals surface area contributed by atoms with E-state index in [1.54, 1.807) is 12.3 Å². The number of hydrogen-bond acceptors (Lipinski definition) is 6. The fraction of sp³-hybridized carbons (Fsp3) is 0.111. The molecule has 5 rings (SSSR count). The van der Waals surface area contributed by atoms with Crippen molar-refractivity contribution in [2.24, 2.45) is 0 Å². The van der Waals surface area contributed by atoms with Gasteiger partial charge in [0.15, 0.2) is 0 Å². The van der Waals surface area contributed by atoms with Crippen molar-refractivity contribution in [3.8, 4) is 33.9 Å². The van der Waals surface area contributed by atoms with E-state index in [-0.39, 0.29) is 24.1 Å². The monoisotopic (exact) mass is 452 g/mol. The predicted octanol–water partition coefficient (Wildman–Crippen LogP) is 5.16. The second-order valence-electron chi connectivity index (χ2n) is 8.18. The molecule has 5 N–H and O–H groups in total. The number of phenolic OH excluding ortho intramolecular Hbond substituents is 2. The topological polar surface area (TPSA) is 114 Å². The van der Waals surface area contributed by atoms with E-state index in [0.717, 1.165) is 39.0 Å². The lowest BCUT2D eigenvalue weighted by molar-refractivity contribution is 0.276. The molecule has 0 aliphatic heterocycles. The average Bonchev–Trinajstić information content (AvgIpc) is 3.23. The summed E-state index contributed by atoms with van der Waals surface area (Å²) in [6, 6.07) is 21.8. The van der Waals surface area contributed by atoms with Crippen molar-refractivity contribution in [2.45, 2.75) is 13.0 Å². The third-order valence-electron chi connectivity index (χ3n) is 5.91. The number of aromatic amines is 1. The molecule has 0 saturated heterocycles. The van der Waals surface area contributed by atoms with Gasteiger partial charge in [-0.1, -0.05) is 36.4 Å². The van der Waals surface area contributed by atoms with Gasteiger partial charge in [-0.05, 0) is 48.4 Å². The first kappa shape index (κ1) is 21.5. The number of aromatic hydroxyl groups is 2. The number of nitrogens with one attached hydrogen (secondary N) is 2. The lowest BCUT2D eigenvalue weighted by atomic mass is 9.96. The molecule has 7 heteroatoms. The molecule has 0 bridgehead atoms. The number of aliphatic hydroxyl groups is 1. The Morgan fingerprint density at radius 3 is 2.53 bits per heavy atom. The van der Waals surface area contributed by atoms with E-state index in [1.807, 2.05) is 61.5 Å². The molecule has 2 heterocycles. The minimum Gasteiger partial charge on any atom is -0.508 e. The van der Waals surface area contributed by atoms with Gasteiger partial charge in [-0.15, -0.1) is 0 Å². The number of aromatic nitrogens is 3. The second-order valence-corrected chi connectivity index (χ2v) is 8.18. The first-order chi connectivity index (χ1) is 16.5. The van der Waals surface area contributed by atoms with E-state index in [2.05, 4.69) is 20.5 Å².